The molecule has 2 aliphatic carbocycles. The molecule has 0 amide bonds. The second kappa shape index (κ2) is 4.17. The monoisotopic (exact) mass is 396 g/mol. The molecule has 0 spiro atoms. The summed E-state index contributed by atoms with van der Waals surface area (Å²) in [6.07, 6.45) is 0. The van der Waals surface area contributed by atoms with E-state index in [9.17, 15) is 57.5 Å². The highest BCUT2D eigenvalue weighted by Crippen LogP contribution is 2.68. The number of hydrogen-bond donors (Lipinski definition) is 2. The molecule has 144 valence electrons. The molecular formula is C10H4F12N2O. The molecule has 25 heavy (non-hydrogen) atoms. The van der Waals surface area contributed by atoms with Crippen LogP contribution in [0.2, 0.25) is 0 Å². The van der Waals surface area contributed by atoms with Crippen molar-refractivity contribution >= 4 is 5.78 Å². The Morgan fingerprint density at radius 2 is 0.920 bits per heavy atom. The van der Waals surface area contributed by atoms with Gasteiger partial charge in [-0.05, 0) is 0 Å². The molecule has 1 fully saturated rings. The Bertz CT molecular complexity index is 696. The number of ketones is 1. The fourth-order valence-corrected chi connectivity index (χ4v) is 2.54. The van der Waals surface area contributed by atoms with Gasteiger partial charge in [0.25, 0.3) is 0 Å². The summed E-state index contributed by atoms with van der Waals surface area (Å²) in [6.45, 7) is 0. The van der Waals surface area contributed by atoms with Crippen molar-refractivity contribution < 1.29 is 57.5 Å². The van der Waals surface area contributed by atoms with Crippen molar-refractivity contribution in [3.05, 3.63) is 11.3 Å². The molecule has 0 heterocycles. The van der Waals surface area contributed by atoms with Crippen LogP contribution in [0, 0.1) is 0 Å². The summed E-state index contributed by atoms with van der Waals surface area (Å²) < 4.78 is 162. The first-order valence-electron chi connectivity index (χ1n) is 5.80. The van der Waals surface area contributed by atoms with Crippen LogP contribution in [0.1, 0.15) is 0 Å². The van der Waals surface area contributed by atoms with Crippen LogP contribution in [0.3, 0.4) is 0 Å². The van der Waals surface area contributed by atoms with E-state index in [4.69, 9.17) is 0 Å². The van der Waals surface area contributed by atoms with E-state index in [2.05, 4.69) is 11.5 Å². The number of fused-ring (bicyclic) bond motifs is 1. The molecule has 0 aromatic heterocycles. The van der Waals surface area contributed by atoms with Crippen molar-refractivity contribution in [1.82, 2.24) is 0 Å². The minimum absolute atomic E-state index is 3.18. The molecule has 0 aliphatic heterocycles. The number of Topliss-reactive ketones (excluding diaryl/α,β-unsaturated/α-hetero) is 1. The Morgan fingerprint density at radius 1 is 0.600 bits per heavy atom. The maximum Gasteiger partial charge on any atom is 0.382 e. The number of nitrogens with two attached hydrogens (primary N) is 2. The first-order valence-corrected chi connectivity index (χ1v) is 5.80. The predicted octanol–water partition coefficient (Wildman–Crippen LogP) is 2.30. The quantitative estimate of drug-likeness (QED) is 0.618. The van der Waals surface area contributed by atoms with Crippen molar-refractivity contribution in [2.45, 2.75) is 41.1 Å². The van der Waals surface area contributed by atoms with E-state index in [1.807, 2.05) is 0 Å². The number of alkyl halides is 12. The lowest BCUT2D eigenvalue weighted by molar-refractivity contribution is -0.386. The molecule has 2 aliphatic rings. The van der Waals surface area contributed by atoms with Crippen molar-refractivity contribution in [3.8, 4) is 0 Å². The number of allylic oxidation sites excluding steroid dienone is 1. The zero-order valence-corrected chi connectivity index (χ0v) is 11.1. The molecular weight excluding hydrogens is 392 g/mol. The molecule has 1 saturated carbocycles. The fourth-order valence-electron chi connectivity index (χ4n) is 2.54. The maximum atomic E-state index is 13.8. The van der Waals surface area contributed by atoms with Crippen molar-refractivity contribution in [1.29, 1.82) is 0 Å². The third-order valence-corrected chi connectivity index (χ3v) is 4.08. The van der Waals surface area contributed by atoms with Gasteiger partial charge in [-0.25, -0.2) is 0 Å². The van der Waals surface area contributed by atoms with Gasteiger partial charge in [0.1, 0.15) is 0 Å². The smallest absolute Gasteiger partial charge is 0.382 e. The molecule has 1 atom stereocenters. The lowest BCUT2D eigenvalue weighted by Crippen LogP contribution is -2.87. The molecule has 0 bridgehead atoms. The van der Waals surface area contributed by atoms with Crippen LogP contribution in [0.25, 0.3) is 0 Å². The average Bonchev–Trinajstić information content (AvgIpc) is 2.43. The number of carbonyl (C=O) groups is 1. The lowest BCUT2D eigenvalue weighted by atomic mass is 9.61. The SMILES string of the molecule is NC1=C2C(=O)C(F)(F)C(F)(F)C(F)(F)C2(N)C(F)(F)C(F)(F)C1(F)F. The van der Waals surface area contributed by atoms with Gasteiger partial charge < -0.3 is 11.5 Å². The molecule has 15 heteroatoms. The largest absolute Gasteiger partial charge is 0.397 e. The Kier molecular flexibility index (Phi) is 3.28. The molecule has 4 N–H and O–H groups in total. The summed E-state index contributed by atoms with van der Waals surface area (Å²) in [7, 11) is 0. The molecule has 0 saturated heterocycles. The van der Waals surface area contributed by atoms with Crippen LogP contribution in [-0.4, -0.2) is 46.9 Å². The lowest BCUT2D eigenvalue weighted by Gasteiger charge is -2.55. The third kappa shape index (κ3) is 1.50. The fraction of sp³-hybridized carbons (Fsp3) is 0.700. The zero-order chi connectivity index (χ0) is 20.2. The van der Waals surface area contributed by atoms with Crippen LogP contribution in [-0.2, 0) is 4.79 Å². The van der Waals surface area contributed by atoms with Gasteiger partial charge in [0, 0.05) is 0 Å². The zero-order valence-electron chi connectivity index (χ0n) is 11.1. The van der Waals surface area contributed by atoms with Crippen molar-refractivity contribution in [2.75, 3.05) is 0 Å². The normalized spacial score (nSPS) is 36.8. The Hall–Kier alpha value is -1.67. The first kappa shape index (κ1) is 19.7. The summed E-state index contributed by atoms with van der Waals surface area (Å²) in [6, 6.07) is 0. The van der Waals surface area contributed by atoms with Gasteiger partial charge >= 0.3 is 35.5 Å². The van der Waals surface area contributed by atoms with Gasteiger partial charge in [-0.2, -0.15) is 52.7 Å². The second-order valence-electron chi connectivity index (χ2n) is 5.37. The van der Waals surface area contributed by atoms with E-state index in [-0.39, 0.29) is 0 Å². The van der Waals surface area contributed by atoms with E-state index in [0.29, 0.717) is 0 Å². The van der Waals surface area contributed by atoms with E-state index < -0.39 is 58.1 Å². The highest BCUT2D eigenvalue weighted by atomic mass is 19.4. The number of carbonyl (C=O) groups excluding carboxylic acids is 1. The van der Waals surface area contributed by atoms with Crippen LogP contribution < -0.4 is 11.5 Å². The third-order valence-electron chi connectivity index (χ3n) is 4.08. The number of hydrogen-bond acceptors (Lipinski definition) is 3. The van der Waals surface area contributed by atoms with Gasteiger partial charge in [0.2, 0.25) is 5.78 Å². The number of halogens is 12. The van der Waals surface area contributed by atoms with E-state index in [1.165, 1.54) is 0 Å². The van der Waals surface area contributed by atoms with Crippen molar-refractivity contribution in [3.63, 3.8) is 0 Å². The second-order valence-corrected chi connectivity index (χ2v) is 5.37. The van der Waals surface area contributed by atoms with Gasteiger partial charge in [-0.15, -0.1) is 0 Å². The molecule has 0 aromatic rings. The van der Waals surface area contributed by atoms with Gasteiger partial charge in [-0.3, -0.25) is 4.79 Å². The van der Waals surface area contributed by atoms with Crippen LogP contribution in [0.4, 0.5) is 52.7 Å². The summed E-state index contributed by atoms with van der Waals surface area (Å²) in [4.78, 5) is 11.3. The van der Waals surface area contributed by atoms with Crippen LogP contribution in [0.15, 0.2) is 11.3 Å². The van der Waals surface area contributed by atoms with Gasteiger partial charge in [0.15, 0.2) is 5.54 Å². The number of rotatable bonds is 0. The minimum atomic E-state index is -7.01. The molecule has 1 unspecified atom stereocenters. The Balaban J connectivity index is 3.11. The molecule has 0 radical (unpaired) electrons. The Morgan fingerprint density at radius 3 is 1.28 bits per heavy atom. The average molecular weight is 396 g/mol. The van der Waals surface area contributed by atoms with Gasteiger partial charge in [-0.1, -0.05) is 0 Å². The summed E-state index contributed by atoms with van der Waals surface area (Å²) in [5.41, 5.74) is -3.91. The highest BCUT2D eigenvalue weighted by molar-refractivity contribution is 6.06. The summed E-state index contributed by atoms with van der Waals surface area (Å²) in [5, 5.41) is 0. The van der Waals surface area contributed by atoms with Gasteiger partial charge in [0.05, 0.1) is 11.3 Å². The van der Waals surface area contributed by atoms with E-state index >= 15 is 0 Å². The van der Waals surface area contributed by atoms with Crippen LogP contribution >= 0.6 is 0 Å². The first-order chi connectivity index (χ1) is 10.7. The molecule has 3 nitrogen and oxygen atoms in total. The van der Waals surface area contributed by atoms with E-state index in [0.717, 1.165) is 0 Å². The summed E-state index contributed by atoms with van der Waals surface area (Å²) in [5.74, 6) is -44.4. The topological polar surface area (TPSA) is 69.1 Å². The van der Waals surface area contributed by atoms with Crippen molar-refractivity contribution in [2.24, 2.45) is 11.5 Å². The molecule has 2 rings (SSSR count). The Labute approximate surface area is 128 Å². The van der Waals surface area contributed by atoms with Crippen LogP contribution in [0.5, 0.6) is 0 Å². The maximum absolute atomic E-state index is 13.8. The van der Waals surface area contributed by atoms with E-state index in [1.54, 1.807) is 0 Å². The molecule has 0 aromatic carbocycles. The predicted molar refractivity (Wildman–Crippen MR) is 52.8 cm³/mol. The highest BCUT2D eigenvalue weighted by Gasteiger charge is 2.97. The standard InChI is InChI=1S/C10H4F12N2O/c11-5(12)2(23)1-3(25)6(13,14)10(21,22)8(17,18)4(1,24)7(15,16)9(5,19)20/h23-24H2. The minimum Gasteiger partial charge on any atom is -0.397 e. The summed E-state index contributed by atoms with van der Waals surface area (Å²) >= 11 is 0.